The summed E-state index contributed by atoms with van der Waals surface area (Å²) in [7, 11) is -3.62. The van der Waals surface area contributed by atoms with E-state index in [1.54, 1.807) is 30.5 Å². The maximum absolute atomic E-state index is 12.4. The molecule has 0 aliphatic rings. The van der Waals surface area contributed by atoms with Crippen LogP contribution in [0.2, 0.25) is 5.15 Å². The zero-order valence-electron chi connectivity index (χ0n) is 11.0. The molecule has 0 radical (unpaired) electrons. The van der Waals surface area contributed by atoms with Crippen LogP contribution in [0.5, 0.6) is 0 Å². The minimum absolute atomic E-state index is 0.216. The number of nitrogens with one attached hydrogen (secondary N) is 1. The Kier molecular flexibility index (Phi) is 3.61. The second kappa shape index (κ2) is 5.29. The molecule has 1 N–H and O–H groups in total. The van der Waals surface area contributed by atoms with Gasteiger partial charge in [0.15, 0.2) is 0 Å². The predicted molar refractivity (Wildman–Crippen MR) is 86.6 cm³/mol. The standard InChI is InChI=1S/C14H11ClN2O2S2/c1-9-2-4-10(5-3-9)17-21(18,19)13-8-11-12(20-13)6-7-16-14(11)15/h2-8,17H,1H3. The third-order valence-electron chi connectivity index (χ3n) is 2.94. The number of fused-ring (bicyclic) bond motifs is 1. The molecule has 0 aliphatic carbocycles. The Hall–Kier alpha value is -1.63. The summed E-state index contributed by atoms with van der Waals surface area (Å²) in [5.41, 5.74) is 1.60. The van der Waals surface area contributed by atoms with Gasteiger partial charge in [-0.05, 0) is 31.2 Å². The van der Waals surface area contributed by atoms with Gasteiger partial charge >= 0.3 is 0 Å². The number of nitrogens with zero attached hydrogens (tertiary/aromatic N) is 1. The molecular formula is C14H11ClN2O2S2. The largest absolute Gasteiger partial charge is 0.279 e. The number of hydrogen-bond acceptors (Lipinski definition) is 4. The third-order valence-corrected chi connectivity index (χ3v) is 6.20. The van der Waals surface area contributed by atoms with Crippen LogP contribution in [-0.4, -0.2) is 13.4 Å². The second-order valence-corrected chi connectivity index (χ2v) is 7.90. The zero-order chi connectivity index (χ0) is 15.0. The van der Waals surface area contributed by atoms with Crippen molar-refractivity contribution in [1.82, 2.24) is 4.98 Å². The smallest absolute Gasteiger partial charge is 0.271 e. The highest BCUT2D eigenvalue weighted by molar-refractivity contribution is 7.94. The fraction of sp³-hybridized carbons (Fsp3) is 0.0714. The van der Waals surface area contributed by atoms with E-state index in [1.165, 1.54) is 11.3 Å². The van der Waals surface area contributed by atoms with Gasteiger partial charge in [-0.1, -0.05) is 29.3 Å². The van der Waals surface area contributed by atoms with E-state index in [4.69, 9.17) is 11.6 Å². The lowest BCUT2D eigenvalue weighted by molar-refractivity contribution is 0.603. The van der Waals surface area contributed by atoms with Crippen LogP contribution in [0.25, 0.3) is 10.1 Å². The first-order valence-electron chi connectivity index (χ1n) is 6.09. The number of hydrogen-bond donors (Lipinski definition) is 1. The fourth-order valence-electron chi connectivity index (χ4n) is 1.87. The van der Waals surface area contributed by atoms with E-state index in [-0.39, 0.29) is 4.21 Å². The van der Waals surface area contributed by atoms with Crippen molar-refractivity contribution in [1.29, 1.82) is 0 Å². The molecule has 4 nitrogen and oxygen atoms in total. The SMILES string of the molecule is Cc1ccc(NS(=O)(=O)c2cc3c(Cl)nccc3s2)cc1. The molecule has 0 bridgehead atoms. The van der Waals surface area contributed by atoms with Crippen LogP contribution in [0, 0.1) is 6.92 Å². The van der Waals surface area contributed by atoms with E-state index >= 15 is 0 Å². The Labute approximate surface area is 131 Å². The molecule has 21 heavy (non-hydrogen) atoms. The summed E-state index contributed by atoms with van der Waals surface area (Å²) in [6.07, 6.45) is 1.56. The molecule has 0 spiro atoms. The van der Waals surface area contributed by atoms with Crippen LogP contribution in [0.3, 0.4) is 0 Å². The topological polar surface area (TPSA) is 59.1 Å². The lowest BCUT2D eigenvalue weighted by Crippen LogP contribution is -2.11. The highest BCUT2D eigenvalue weighted by Crippen LogP contribution is 2.33. The van der Waals surface area contributed by atoms with Crippen molar-refractivity contribution < 1.29 is 8.42 Å². The molecule has 0 unspecified atom stereocenters. The molecule has 3 aromatic rings. The summed E-state index contributed by atoms with van der Waals surface area (Å²) in [5, 5.41) is 0.953. The highest BCUT2D eigenvalue weighted by Gasteiger charge is 2.18. The molecule has 108 valence electrons. The summed E-state index contributed by atoms with van der Waals surface area (Å²) in [4.78, 5) is 3.95. The van der Waals surface area contributed by atoms with Crippen molar-refractivity contribution in [2.24, 2.45) is 0 Å². The van der Waals surface area contributed by atoms with Gasteiger partial charge in [-0.15, -0.1) is 11.3 Å². The third kappa shape index (κ3) is 2.88. The van der Waals surface area contributed by atoms with E-state index in [9.17, 15) is 8.42 Å². The number of anilines is 1. The molecule has 2 aromatic heterocycles. The van der Waals surface area contributed by atoms with E-state index in [0.29, 0.717) is 16.2 Å². The first-order valence-corrected chi connectivity index (χ1v) is 8.77. The molecule has 2 heterocycles. The Morgan fingerprint density at radius 1 is 1.19 bits per heavy atom. The van der Waals surface area contributed by atoms with Crippen molar-refractivity contribution >= 4 is 48.7 Å². The van der Waals surface area contributed by atoms with Crippen LogP contribution in [0.1, 0.15) is 5.56 Å². The van der Waals surface area contributed by atoms with Crippen LogP contribution in [0.15, 0.2) is 46.8 Å². The van der Waals surface area contributed by atoms with Gasteiger partial charge in [-0.25, -0.2) is 13.4 Å². The zero-order valence-corrected chi connectivity index (χ0v) is 13.4. The number of aryl methyl sites for hydroxylation is 1. The van der Waals surface area contributed by atoms with Crippen molar-refractivity contribution in [2.45, 2.75) is 11.1 Å². The molecule has 0 aliphatic heterocycles. The number of rotatable bonds is 3. The Bertz CT molecular complexity index is 902. The monoisotopic (exact) mass is 338 g/mol. The maximum atomic E-state index is 12.4. The van der Waals surface area contributed by atoms with E-state index in [0.717, 1.165) is 10.3 Å². The number of aromatic nitrogens is 1. The normalized spacial score (nSPS) is 11.7. The Morgan fingerprint density at radius 3 is 2.57 bits per heavy atom. The van der Waals surface area contributed by atoms with Crippen LogP contribution >= 0.6 is 22.9 Å². The summed E-state index contributed by atoms with van der Waals surface area (Å²) >= 11 is 7.14. The first-order chi connectivity index (χ1) is 9.95. The molecule has 0 fully saturated rings. The highest BCUT2D eigenvalue weighted by atomic mass is 35.5. The molecular weight excluding hydrogens is 328 g/mol. The van der Waals surface area contributed by atoms with Crippen molar-refractivity contribution in [2.75, 3.05) is 4.72 Å². The van der Waals surface area contributed by atoms with Gasteiger partial charge in [0.05, 0.1) is 0 Å². The van der Waals surface area contributed by atoms with Gasteiger partial charge in [0, 0.05) is 22.0 Å². The van der Waals surface area contributed by atoms with Crippen LogP contribution in [-0.2, 0) is 10.0 Å². The number of halogens is 1. The van der Waals surface area contributed by atoms with Crippen molar-refractivity contribution in [3.05, 3.63) is 53.3 Å². The second-order valence-electron chi connectivity index (χ2n) is 4.55. The Balaban J connectivity index is 2.00. The summed E-state index contributed by atoms with van der Waals surface area (Å²) in [5.74, 6) is 0. The predicted octanol–water partition coefficient (Wildman–Crippen LogP) is 4.06. The van der Waals surface area contributed by atoms with E-state index in [1.807, 2.05) is 19.1 Å². The van der Waals surface area contributed by atoms with Gasteiger partial charge in [-0.3, -0.25) is 4.72 Å². The van der Waals surface area contributed by atoms with E-state index in [2.05, 4.69) is 9.71 Å². The van der Waals surface area contributed by atoms with Crippen molar-refractivity contribution in [3.63, 3.8) is 0 Å². The van der Waals surface area contributed by atoms with Gasteiger partial charge in [0.1, 0.15) is 9.36 Å². The number of pyridine rings is 1. The maximum Gasteiger partial charge on any atom is 0.271 e. The van der Waals surface area contributed by atoms with Gasteiger partial charge in [-0.2, -0.15) is 0 Å². The minimum atomic E-state index is -3.62. The lowest BCUT2D eigenvalue weighted by Gasteiger charge is -2.06. The molecule has 0 saturated carbocycles. The molecule has 0 amide bonds. The van der Waals surface area contributed by atoms with E-state index < -0.39 is 10.0 Å². The quantitative estimate of drug-likeness (QED) is 0.733. The Morgan fingerprint density at radius 2 is 1.90 bits per heavy atom. The summed E-state index contributed by atoms with van der Waals surface area (Å²) < 4.78 is 28.4. The van der Waals surface area contributed by atoms with Crippen LogP contribution in [0.4, 0.5) is 5.69 Å². The molecule has 0 saturated heterocycles. The number of thiophene rings is 1. The number of benzene rings is 1. The summed E-state index contributed by atoms with van der Waals surface area (Å²) in [6, 6.07) is 10.5. The van der Waals surface area contributed by atoms with Gasteiger partial charge in [0.2, 0.25) is 0 Å². The number of sulfonamides is 1. The van der Waals surface area contributed by atoms with Gasteiger partial charge < -0.3 is 0 Å². The molecule has 1 aromatic carbocycles. The van der Waals surface area contributed by atoms with Gasteiger partial charge in [0.25, 0.3) is 10.0 Å². The molecule has 0 atom stereocenters. The lowest BCUT2D eigenvalue weighted by atomic mass is 10.2. The fourth-order valence-corrected chi connectivity index (χ4v) is 4.58. The first kappa shape index (κ1) is 14.3. The van der Waals surface area contributed by atoms with Crippen molar-refractivity contribution in [3.8, 4) is 0 Å². The molecule has 7 heteroatoms. The average Bonchev–Trinajstić information content (AvgIpc) is 2.88. The summed E-state index contributed by atoms with van der Waals surface area (Å²) in [6.45, 7) is 1.94. The molecule has 3 rings (SSSR count). The van der Waals surface area contributed by atoms with Crippen LogP contribution < -0.4 is 4.72 Å². The minimum Gasteiger partial charge on any atom is -0.279 e. The average molecular weight is 339 g/mol.